The molecule has 0 saturated carbocycles. The van der Waals surface area contributed by atoms with Gasteiger partial charge in [-0.3, -0.25) is 9.10 Å². The molecule has 0 radical (unpaired) electrons. The van der Waals surface area contributed by atoms with E-state index in [1.54, 1.807) is 63.2 Å². The Morgan fingerprint density at radius 1 is 1.14 bits per heavy atom. The van der Waals surface area contributed by atoms with Gasteiger partial charge in [0, 0.05) is 22.5 Å². The Kier molecular flexibility index (Phi) is 8.10. The average Bonchev–Trinajstić information content (AvgIpc) is 3.11. The van der Waals surface area contributed by atoms with Crippen molar-refractivity contribution in [2.75, 3.05) is 34.3 Å². The van der Waals surface area contributed by atoms with Crippen LogP contribution in [0.25, 0.3) is 5.57 Å². The molecule has 0 aromatic heterocycles. The molecule has 9 nitrogen and oxygen atoms in total. The van der Waals surface area contributed by atoms with Crippen molar-refractivity contribution in [1.82, 2.24) is 0 Å². The molecule has 4 N–H and O–H groups in total. The summed E-state index contributed by atoms with van der Waals surface area (Å²) in [7, 11) is -3.53. The van der Waals surface area contributed by atoms with Gasteiger partial charge in [0.2, 0.25) is 10.0 Å². The highest BCUT2D eigenvalue weighted by atomic mass is 32.2. The first-order valence-corrected chi connectivity index (χ1v) is 13.7. The van der Waals surface area contributed by atoms with Gasteiger partial charge in [0.15, 0.2) is 0 Å². The number of carbonyl (C=O) groups excluding carboxylic acids is 2. The van der Waals surface area contributed by atoms with Crippen LogP contribution in [0, 0.1) is 0 Å². The molecule has 1 amide bonds. The highest BCUT2D eigenvalue weighted by Gasteiger charge is 2.29. The number of esters is 1. The Hall–Kier alpha value is -3.37. The lowest BCUT2D eigenvalue weighted by molar-refractivity contribution is -0.110. The van der Waals surface area contributed by atoms with Crippen LogP contribution in [0.4, 0.5) is 17.1 Å². The molecule has 1 aliphatic heterocycles. The first-order valence-electron chi connectivity index (χ1n) is 11.8. The maximum atomic E-state index is 12.9. The Balaban J connectivity index is 1.93. The maximum Gasteiger partial charge on any atom is 0.338 e. The molecule has 10 heteroatoms. The van der Waals surface area contributed by atoms with Crippen molar-refractivity contribution >= 4 is 44.5 Å². The lowest BCUT2D eigenvalue weighted by Gasteiger charge is -2.30. The summed E-state index contributed by atoms with van der Waals surface area (Å²) in [5.41, 5.74) is 9.44. The lowest BCUT2D eigenvalue weighted by Crippen LogP contribution is -2.47. The Labute approximate surface area is 212 Å². The van der Waals surface area contributed by atoms with Crippen LogP contribution < -0.4 is 20.7 Å². The first kappa shape index (κ1) is 27.2. The molecular weight excluding hydrogens is 480 g/mol. The molecule has 0 spiro atoms. The second-order valence-corrected chi connectivity index (χ2v) is 11.4. The van der Waals surface area contributed by atoms with Crippen molar-refractivity contribution in [3.63, 3.8) is 0 Å². The van der Waals surface area contributed by atoms with Crippen molar-refractivity contribution in [3.05, 3.63) is 59.3 Å². The number of nitrogens with zero attached hydrogens (tertiary/aromatic N) is 1. The van der Waals surface area contributed by atoms with Gasteiger partial charge in [0.05, 0.1) is 41.9 Å². The standard InChI is InChI=1S/C26H34N4O5S/c1-6-8-21(23-20-14-9-17(25(32)35-7-2)15-22(20)29-24(23)31)28-18-10-12-19(13-11-18)30(36(5,33)34)16-26(3,4)27/h9-15,28H,6-8,16,27H2,1-5H3,(H,29,31). The Morgan fingerprint density at radius 3 is 2.36 bits per heavy atom. The zero-order valence-corrected chi connectivity index (χ0v) is 22.2. The number of ether oxygens (including phenoxy) is 1. The molecular formula is C26H34N4O5S. The molecule has 194 valence electrons. The maximum absolute atomic E-state index is 12.9. The second-order valence-electron chi connectivity index (χ2n) is 9.47. The van der Waals surface area contributed by atoms with Gasteiger partial charge in [-0.25, -0.2) is 13.2 Å². The second kappa shape index (κ2) is 10.7. The van der Waals surface area contributed by atoms with Crippen LogP contribution in [0.2, 0.25) is 0 Å². The first-order chi connectivity index (χ1) is 16.8. The number of sulfonamides is 1. The van der Waals surface area contributed by atoms with Gasteiger partial charge in [-0.05, 0) is 63.6 Å². The summed E-state index contributed by atoms with van der Waals surface area (Å²) in [6.07, 6.45) is 2.56. The van der Waals surface area contributed by atoms with E-state index in [0.29, 0.717) is 40.2 Å². The van der Waals surface area contributed by atoms with Crippen LogP contribution in [0.1, 0.15) is 56.5 Å². The minimum absolute atomic E-state index is 0.133. The van der Waals surface area contributed by atoms with Crippen LogP contribution in [0.3, 0.4) is 0 Å². The number of nitrogens with one attached hydrogen (secondary N) is 2. The smallest absolute Gasteiger partial charge is 0.338 e. The summed E-state index contributed by atoms with van der Waals surface area (Å²) in [5, 5.41) is 6.18. The highest BCUT2D eigenvalue weighted by Crippen LogP contribution is 2.36. The summed E-state index contributed by atoms with van der Waals surface area (Å²) in [4.78, 5) is 25.0. The monoisotopic (exact) mass is 514 g/mol. The average molecular weight is 515 g/mol. The number of amides is 1. The molecule has 36 heavy (non-hydrogen) atoms. The summed E-state index contributed by atoms with van der Waals surface area (Å²) in [5.74, 6) is -0.702. The summed E-state index contributed by atoms with van der Waals surface area (Å²) < 4.78 is 31.1. The van der Waals surface area contributed by atoms with Gasteiger partial charge >= 0.3 is 5.97 Å². The fraction of sp³-hybridized carbons (Fsp3) is 0.385. The third-order valence-electron chi connectivity index (χ3n) is 5.48. The van der Waals surface area contributed by atoms with Gasteiger partial charge in [-0.2, -0.15) is 0 Å². The predicted molar refractivity (Wildman–Crippen MR) is 143 cm³/mol. The summed E-state index contributed by atoms with van der Waals surface area (Å²) >= 11 is 0. The fourth-order valence-corrected chi connectivity index (χ4v) is 5.04. The van der Waals surface area contributed by atoms with E-state index in [0.717, 1.165) is 18.4 Å². The van der Waals surface area contributed by atoms with E-state index in [2.05, 4.69) is 10.6 Å². The number of hydrogen-bond donors (Lipinski definition) is 3. The van der Waals surface area contributed by atoms with E-state index in [1.807, 2.05) is 6.92 Å². The molecule has 0 saturated heterocycles. The molecule has 1 heterocycles. The Bertz CT molecular complexity index is 1280. The molecule has 2 aromatic rings. The van der Waals surface area contributed by atoms with E-state index in [9.17, 15) is 18.0 Å². The fourth-order valence-electron chi connectivity index (χ4n) is 3.97. The number of rotatable bonds is 10. The van der Waals surface area contributed by atoms with Crippen LogP contribution >= 0.6 is 0 Å². The molecule has 2 aromatic carbocycles. The third kappa shape index (κ3) is 6.44. The molecule has 0 aliphatic carbocycles. The van der Waals surface area contributed by atoms with Crippen LogP contribution in [-0.4, -0.2) is 45.2 Å². The lowest BCUT2D eigenvalue weighted by atomic mass is 10.0. The number of carbonyl (C=O) groups is 2. The van der Waals surface area contributed by atoms with Gasteiger partial charge in [-0.1, -0.05) is 19.4 Å². The number of allylic oxidation sites excluding steroid dienone is 1. The quantitative estimate of drug-likeness (QED) is 0.323. The van der Waals surface area contributed by atoms with Crippen LogP contribution in [0.5, 0.6) is 0 Å². The molecule has 1 aliphatic rings. The molecule has 3 rings (SSSR count). The van der Waals surface area contributed by atoms with Crippen molar-refractivity contribution in [2.24, 2.45) is 5.73 Å². The zero-order valence-electron chi connectivity index (χ0n) is 21.3. The van der Waals surface area contributed by atoms with Crippen molar-refractivity contribution in [3.8, 4) is 0 Å². The van der Waals surface area contributed by atoms with E-state index in [-0.39, 0.29) is 19.1 Å². The number of hydrogen-bond acceptors (Lipinski definition) is 7. The number of fused-ring (bicyclic) bond motifs is 1. The van der Waals surface area contributed by atoms with Crippen molar-refractivity contribution in [2.45, 2.75) is 46.1 Å². The normalized spacial score (nSPS) is 14.7. The number of anilines is 3. The number of benzene rings is 2. The third-order valence-corrected chi connectivity index (χ3v) is 6.62. The topological polar surface area (TPSA) is 131 Å². The van der Waals surface area contributed by atoms with Crippen molar-refractivity contribution < 1.29 is 22.7 Å². The Morgan fingerprint density at radius 2 is 1.81 bits per heavy atom. The van der Waals surface area contributed by atoms with Gasteiger partial charge in [0.25, 0.3) is 5.91 Å². The number of nitrogens with two attached hydrogens (primary N) is 1. The molecule has 0 atom stereocenters. The molecule has 0 fully saturated rings. The van der Waals surface area contributed by atoms with Crippen LogP contribution in [0.15, 0.2) is 48.2 Å². The van der Waals surface area contributed by atoms with E-state index < -0.39 is 21.5 Å². The SMILES string of the molecule is CCCC(Nc1ccc(N(CC(C)(C)N)S(C)(=O)=O)cc1)=C1C(=O)Nc2cc(C(=O)OCC)ccc21. The molecule has 0 unspecified atom stereocenters. The summed E-state index contributed by atoms with van der Waals surface area (Å²) in [6, 6.07) is 12.0. The van der Waals surface area contributed by atoms with Gasteiger partial charge < -0.3 is 21.1 Å². The summed E-state index contributed by atoms with van der Waals surface area (Å²) in [6.45, 7) is 7.69. The predicted octanol–water partition coefficient (Wildman–Crippen LogP) is 3.94. The van der Waals surface area contributed by atoms with Crippen molar-refractivity contribution in [1.29, 1.82) is 0 Å². The van der Waals surface area contributed by atoms with Gasteiger partial charge in [0.1, 0.15) is 0 Å². The largest absolute Gasteiger partial charge is 0.462 e. The minimum Gasteiger partial charge on any atom is -0.462 e. The van der Waals surface area contributed by atoms with E-state index in [1.165, 1.54) is 4.31 Å². The van der Waals surface area contributed by atoms with E-state index >= 15 is 0 Å². The molecule has 0 bridgehead atoms. The van der Waals surface area contributed by atoms with Gasteiger partial charge in [-0.15, -0.1) is 0 Å². The highest BCUT2D eigenvalue weighted by molar-refractivity contribution is 7.92. The zero-order chi connectivity index (χ0) is 26.7. The minimum atomic E-state index is -3.53. The van der Waals surface area contributed by atoms with E-state index in [4.69, 9.17) is 10.5 Å². The van der Waals surface area contributed by atoms with Crippen LogP contribution in [-0.2, 0) is 19.6 Å².